The van der Waals surface area contributed by atoms with Gasteiger partial charge in [-0.1, -0.05) is 27.5 Å². The molecule has 0 bridgehead atoms. The summed E-state index contributed by atoms with van der Waals surface area (Å²) in [7, 11) is 0. The van der Waals surface area contributed by atoms with E-state index in [4.69, 9.17) is 21.1 Å². The van der Waals surface area contributed by atoms with Crippen molar-refractivity contribution in [2.45, 2.75) is 6.92 Å². The van der Waals surface area contributed by atoms with Gasteiger partial charge in [0, 0.05) is 9.50 Å². The van der Waals surface area contributed by atoms with Crippen molar-refractivity contribution in [1.29, 1.82) is 0 Å². The molecular formula is C15H11Br2ClO3. The lowest BCUT2D eigenvalue weighted by atomic mass is 10.2. The minimum absolute atomic E-state index is 0.185. The molecule has 0 aliphatic rings. The van der Waals surface area contributed by atoms with E-state index in [-0.39, 0.29) is 6.61 Å². The summed E-state index contributed by atoms with van der Waals surface area (Å²) in [5.74, 6) is 0.577. The van der Waals surface area contributed by atoms with Crippen LogP contribution in [0, 0.1) is 6.92 Å². The number of halogens is 3. The third-order valence-electron chi connectivity index (χ3n) is 2.60. The van der Waals surface area contributed by atoms with Gasteiger partial charge in [0.1, 0.15) is 11.5 Å². The van der Waals surface area contributed by atoms with Gasteiger partial charge in [0.15, 0.2) is 6.61 Å². The first-order valence-electron chi connectivity index (χ1n) is 6.00. The Morgan fingerprint density at radius 2 is 1.86 bits per heavy atom. The molecule has 6 heteroatoms. The van der Waals surface area contributed by atoms with Crippen LogP contribution in [0.2, 0.25) is 5.02 Å². The SMILES string of the molecule is Cc1cc(Br)ccc1OC(=O)COc1ccc(Cl)cc1Br. The van der Waals surface area contributed by atoms with Gasteiger partial charge >= 0.3 is 5.97 Å². The largest absolute Gasteiger partial charge is 0.481 e. The summed E-state index contributed by atoms with van der Waals surface area (Å²) in [6, 6.07) is 10.5. The van der Waals surface area contributed by atoms with Gasteiger partial charge in [0.25, 0.3) is 0 Å². The quantitative estimate of drug-likeness (QED) is 0.493. The maximum absolute atomic E-state index is 11.8. The van der Waals surface area contributed by atoms with E-state index in [1.807, 2.05) is 19.1 Å². The number of aryl methyl sites for hydroxylation is 1. The third kappa shape index (κ3) is 4.73. The molecule has 0 aliphatic heterocycles. The van der Waals surface area contributed by atoms with Gasteiger partial charge in [0.2, 0.25) is 0 Å². The molecule has 0 saturated carbocycles. The fourth-order valence-corrected chi connectivity index (χ4v) is 2.88. The lowest BCUT2D eigenvalue weighted by Crippen LogP contribution is -2.18. The van der Waals surface area contributed by atoms with Crippen molar-refractivity contribution in [3.63, 3.8) is 0 Å². The Balaban J connectivity index is 1.96. The molecule has 110 valence electrons. The van der Waals surface area contributed by atoms with Crippen LogP contribution in [-0.2, 0) is 4.79 Å². The maximum Gasteiger partial charge on any atom is 0.349 e. The van der Waals surface area contributed by atoms with E-state index >= 15 is 0 Å². The van der Waals surface area contributed by atoms with Crippen LogP contribution in [0.1, 0.15) is 5.56 Å². The van der Waals surface area contributed by atoms with Crippen LogP contribution in [-0.4, -0.2) is 12.6 Å². The van der Waals surface area contributed by atoms with E-state index in [0.29, 0.717) is 21.0 Å². The van der Waals surface area contributed by atoms with E-state index in [1.54, 1.807) is 24.3 Å². The highest BCUT2D eigenvalue weighted by Gasteiger charge is 2.10. The molecule has 0 amide bonds. The molecule has 0 heterocycles. The first kappa shape index (κ1) is 16.3. The van der Waals surface area contributed by atoms with Crippen LogP contribution in [0.4, 0.5) is 0 Å². The zero-order valence-electron chi connectivity index (χ0n) is 11.0. The molecule has 2 rings (SSSR count). The van der Waals surface area contributed by atoms with Crippen LogP contribution in [0.5, 0.6) is 11.5 Å². The number of ether oxygens (including phenoxy) is 2. The number of carbonyl (C=O) groups is 1. The Hall–Kier alpha value is -1.04. The van der Waals surface area contributed by atoms with Crippen LogP contribution < -0.4 is 9.47 Å². The van der Waals surface area contributed by atoms with E-state index < -0.39 is 5.97 Å². The molecule has 0 spiro atoms. The lowest BCUT2D eigenvalue weighted by molar-refractivity contribution is -0.136. The second-order valence-electron chi connectivity index (χ2n) is 4.25. The predicted molar refractivity (Wildman–Crippen MR) is 89.2 cm³/mol. The monoisotopic (exact) mass is 432 g/mol. The Bertz CT molecular complexity index is 674. The minimum Gasteiger partial charge on any atom is -0.481 e. The minimum atomic E-state index is -0.470. The Labute approximate surface area is 144 Å². The highest BCUT2D eigenvalue weighted by molar-refractivity contribution is 9.10. The molecule has 0 unspecified atom stereocenters. The average Bonchev–Trinajstić information content (AvgIpc) is 2.41. The summed E-state index contributed by atoms with van der Waals surface area (Å²) >= 11 is 12.5. The Morgan fingerprint density at radius 3 is 2.52 bits per heavy atom. The summed E-state index contributed by atoms with van der Waals surface area (Å²) in [6.07, 6.45) is 0. The van der Waals surface area contributed by atoms with Crippen molar-refractivity contribution < 1.29 is 14.3 Å². The van der Waals surface area contributed by atoms with Crippen molar-refractivity contribution in [3.05, 3.63) is 55.9 Å². The van der Waals surface area contributed by atoms with Crippen LogP contribution in [0.25, 0.3) is 0 Å². The van der Waals surface area contributed by atoms with Crippen molar-refractivity contribution in [3.8, 4) is 11.5 Å². The summed E-state index contributed by atoms with van der Waals surface area (Å²) in [4.78, 5) is 11.8. The van der Waals surface area contributed by atoms with Gasteiger partial charge in [-0.2, -0.15) is 0 Å². The highest BCUT2D eigenvalue weighted by atomic mass is 79.9. The van der Waals surface area contributed by atoms with Crippen molar-refractivity contribution in [2.75, 3.05) is 6.61 Å². The fraction of sp³-hybridized carbons (Fsp3) is 0.133. The smallest absolute Gasteiger partial charge is 0.349 e. The van der Waals surface area contributed by atoms with Crippen LogP contribution >= 0.6 is 43.5 Å². The molecule has 0 N–H and O–H groups in total. The number of benzene rings is 2. The average molecular weight is 435 g/mol. The standard InChI is InChI=1S/C15H11Br2ClO3/c1-9-6-10(16)2-4-13(9)21-15(19)8-20-14-5-3-11(18)7-12(14)17/h2-7H,8H2,1H3. The summed E-state index contributed by atoms with van der Waals surface area (Å²) < 4.78 is 12.3. The van der Waals surface area contributed by atoms with Gasteiger partial charge in [-0.25, -0.2) is 4.79 Å². The third-order valence-corrected chi connectivity index (χ3v) is 3.95. The van der Waals surface area contributed by atoms with Crippen molar-refractivity contribution in [1.82, 2.24) is 0 Å². The molecule has 0 saturated heterocycles. The lowest BCUT2D eigenvalue weighted by Gasteiger charge is -2.10. The van der Waals surface area contributed by atoms with Gasteiger partial charge in [0.05, 0.1) is 4.47 Å². The van der Waals surface area contributed by atoms with Gasteiger partial charge in [-0.3, -0.25) is 0 Å². The first-order chi connectivity index (χ1) is 9.95. The molecule has 2 aromatic rings. The van der Waals surface area contributed by atoms with Crippen molar-refractivity contribution in [2.24, 2.45) is 0 Å². The summed E-state index contributed by atoms with van der Waals surface area (Å²) in [6.45, 7) is 1.68. The first-order valence-corrected chi connectivity index (χ1v) is 7.97. The van der Waals surface area contributed by atoms with E-state index in [1.165, 1.54) is 0 Å². The molecule has 0 aromatic heterocycles. The van der Waals surface area contributed by atoms with Gasteiger partial charge < -0.3 is 9.47 Å². The van der Waals surface area contributed by atoms with E-state index in [0.717, 1.165) is 10.0 Å². The van der Waals surface area contributed by atoms with E-state index in [9.17, 15) is 4.79 Å². The Morgan fingerprint density at radius 1 is 1.14 bits per heavy atom. The molecule has 2 aromatic carbocycles. The molecule has 3 nitrogen and oxygen atoms in total. The zero-order chi connectivity index (χ0) is 15.4. The number of hydrogen-bond acceptors (Lipinski definition) is 3. The zero-order valence-corrected chi connectivity index (χ0v) is 15.0. The van der Waals surface area contributed by atoms with Crippen LogP contribution in [0.15, 0.2) is 45.3 Å². The number of rotatable bonds is 4. The highest BCUT2D eigenvalue weighted by Crippen LogP contribution is 2.28. The molecule has 0 atom stereocenters. The number of carbonyl (C=O) groups excluding carboxylic acids is 1. The normalized spacial score (nSPS) is 10.3. The summed E-state index contributed by atoms with van der Waals surface area (Å²) in [5, 5.41) is 0.585. The second kappa shape index (κ2) is 7.29. The molecular weight excluding hydrogens is 423 g/mol. The second-order valence-corrected chi connectivity index (χ2v) is 6.45. The molecule has 0 fully saturated rings. The molecule has 0 aliphatic carbocycles. The molecule has 0 radical (unpaired) electrons. The topological polar surface area (TPSA) is 35.5 Å². The van der Waals surface area contributed by atoms with E-state index in [2.05, 4.69) is 31.9 Å². The van der Waals surface area contributed by atoms with Gasteiger partial charge in [-0.15, -0.1) is 0 Å². The van der Waals surface area contributed by atoms with Crippen LogP contribution in [0.3, 0.4) is 0 Å². The maximum atomic E-state index is 11.8. The number of hydrogen-bond donors (Lipinski definition) is 0. The number of esters is 1. The fourth-order valence-electron chi connectivity index (χ4n) is 1.61. The predicted octanol–water partition coefficient (Wildman–Crippen LogP) is 5.16. The van der Waals surface area contributed by atoms with Gasteiger partial charge in [-0.05, 0) is 64.8 Å². The van der Waals surface area contributed by atoms with Crippen molar-refractivity contribution >= 4 is 49.4 Å². The molecule has 21 heavy (non-hydrogen) atoms. The Kier molecular flexibility index (Phi) is 5.67. The summed E-state index contributed by atoms with van der Waals surface area (Å²) in [5.41, 5.74) is 0.866.